The molecular weight excluding hydrogens is 573 g/mol. The molecule has 37 heavy (non-hydrogen) atoms. The molecular formula is C28H52N2OS6. The third-order valence-electron chi connectivity index (χ3n) is 7.22. The van der Waals surface area contributed by atoms with Crippen molar-refractivity contribution >= 4 is 76.3 Å². The first-order valence-electron chi connectivity index (χ1n) is 14.9. The van der Waals surface area contributed by atoms with Crippen LogP contribution in [0, 0.1) is 0 Å². The first-order valence-corrected chi connectivity index (χ1v) is 20.4. The van der Waals surface area contributed by atoms with E-state index >= 15 is 0 Å². The molecule has 0 aromatic carbocycles. The van der Waals surface area contributed by atoms with E-state index in [0.717, 1.165) is 59.3 Å². The lowest BCUT2D eigenvalue weighted by atomic mass is 9.94. The Kier molecular flexibility index (Phi) is 21.1. The van der Waals surface area contributed by atoms with Crippen LogP contribution in [0.4, 0.5) is 0 Å². The molecule has 0 N–H and O–H groups in total. The van der Waals surface area contributed by atoms with E-state index in [2.05, 4.69) is 23.6 Å². The molecule has 2 fully saturated rings. The largest absolute Gasteiger partial charge is 0.381 e. The molecule has 0 spiro atoms. The van der Waals surface area contributed by atoms with Crippen LogP contribution in [0.25, 0.3) is 0 Å². The van der Waals surface area contributed by atoms with E-state index < -0.39 is 0 Å². The molecule has 0 aromatic heterocycles. The van der Waals surface area contributed by atoms with Gasteiger partial charge in [-0.1, -0.05) is 98.4 Å². The third-order valence-corrected chi connectivity index (χ3v) is 13.4. The third kappa shape index (κ3) is 15.1. The van der Waals surface area contributed by atoms with Gasteiger partial charge in [-0.2, -0.15) is 0 Å². The van der Waals surface area contributed by atoms with E-state index in [-0.39, 0.29) is 0 Å². The molecule has 0 saturated heterocycles. The SMILES string of the molecule is CCCN(C(=S)SSCCCCOCCCCSSC(=S)N(CCC)C1CCCCC1)C1CCCCC1. The van der Waals surface area contributed by atoms with Crippen molar-refractivity contribution in [1.82, 2.24) is 9.80 Å². The number of nitrogens with zero attached hydrogens (tertiary/aromatic N) is 2. The quantitative estimate of drug-likeness (QED) is 0.0833. The molecule has 0 heterocycles. The highest BCUT2D eigenvalue weighted by Crippen LogP contribution is 2.32. The van der Waals surface area contributed by atoms with E-state index in [4.69, 9.17) is 29.2 Å². The van der Waals surface area contributed by atoms with Gasteiger partial charge in [0, 0.05) is 49.9 Å². The van der Waals surface area contributed by atoms with Gasteiger partial charge in [-0.25, -0.2) is 0 Å². The van der Waals surface area contributed by atoms with Gasteiger partial charge in [-0.3, -0.25) is 0 Å². The Morgan fingerprint density at radius 3 is 1.43 bits per heavy atom. The van der Waals surface area contributed by atoms with Crippen molar-refractivity contribution in [1.29, 1.82) is 0 Å². The van der Waals surface area contributed by atoms with Crippen molar-refractivity contribution in [2.75, 3.05) is 37.8 Å². The normalized spacial score (nSPS) is 17.1. The zero-order chi connectivity index (χ0) is 26.6. The second kappa shape index (κ2) is 22.8. The molecule has 0 amide bonds. The summed E-state index contributed by atoms with van der Waals surface area (Å²) >= 11 is 11.6. The zero-order valence-corrected chi connectivity index (χ0v) is 28.4. The Hall–Kier alpha value is 1.14. The van der Waals surface area contributed by atoms with Crippen LogP contribution in [0.2, 0.25) is 0 Å². The summed E-state index contributed by atoms with van der Waals surface area (Å²) < 4.78 is 8.11. The number of thiocarbonyl (C=S) groups is 2. The minimum atomic E-state index is 0.689. The van der Waals surface area contributed by atoms with Crippen LogP contribution in [0.3, 0.4) is 0 Å². The summed E-state index contributed by atoms with van der Waals surface area (Å²) in [6.45, 7) is 8.55. The molecule has 216 valence electrons. The Labute approximate surface area is 255 Å². The topological polar surface area (TPSA) is 15.7 Å². The average molecular weight is 625 g/mol. The summed E-state index contributed by atoms with van der Waals surface area (Å²) in [5.74, 6) is 2.31. The van der Waals surface area contributed by atoms with Gasteiger partial charge in [0.15, 0.2) is 0 Å². The number of unbranched alkanes of at least 4 members (excludes halogenated alkanes) is 2. The lowest BCUT2D eigenvalue weighted by Gasteiger charge is -2.35. The molecule has 2 aliphatic rings. The van der Waals surface area contributed by atoms with Crippen molar-refractivity contribution in [3.63, 3.8) is 0 Å². The zero-order valence-electron chi connectivity index (χ0n) is 23.5. The van der Waals surface area contributed by atoms with Gasteiger partial charge >= 0.3 is 0 Å². The summed E-state index contributed by atoms with van der Waals surface area (Å²) in [7, 11) is 7.52. The highest BCUT2D eigenvalue weighted by atomic mass is 33.1. The molecule has 0 unspecified atom stereocenters. The maximum absolute atomic E-state index is 5.89. The first-order chi connectivity index (χ1) is 18.2. The van der Waals surface area contributed by atoms with Gasteiger partial charge in [0.05, 0.1) is 0 Å². The predicted molar refractivity (Wildman–Crippen MR) is 182 cm³/mol. The van der Waals surface area contributed by atoms with Crippen LogP contribution >= 0.6 is 67.6 Å². The molecule has 0 atom stereocenters. The Bertz CT molecular complexity index is 549. The smallest absolute Gasteiger partial charge is 0.147 e. The van der Waals surface area contributed by atoms with E-state index in [0.29, 0.717) is 12.1 Å². The van der Waals surface area contributed by atoms with E-state index in [9.17, 15) is 0 Å². The van der Waals surface area contributed by atoms with Gasteiger partial charge in [-0.05, 0) is 85.8 Å². The van der Waals surface area contributed by atoms with Gasteiger partial charge < -0.3 is 14.5 Å². The number of hydrogen-bond acceptors (Lipinski definition) is 7. The van der Waals surface area contributed by atoms with Crippen LogP contribution in [0.15, 0.2) is 0 Å². The summed E-state index contributed by atoms with van der Waals surface area (Å²) in [6, 6.07) is 1.38. The number of hydrogen-bond donors (Lipinski definition) is 0. The first kappa shape index (κ1) is 34.3. The van der Waals surface area contributed by atoms with E-state index in [1.165, 1.54) is 89.9 Å². The van der Waals surface area contributed by atoms with Crippen LogP contribution in [-0.2, 0) is 4.74 Å². The Morgan fingerprint density at radius 2 is 1.05 bits per heavy atom. The van der Waals surface area contributed by atoms with Gasteiger partial charge in [-0.15, -0.1) is 0 Å². The Morgan fingerprint density at radius 1 is 0.649 bits per heavy atom. The minimum absolute atomic E-state index is 0.689. The fourth-order valence-electron chi connectivity index (χ4n) is 5.23. The van der Waals surface area contributed by atoms with Gasteiger partial charge in [0.1, 0.15) is 8.64 Å². The molecule has 9 heteroatoms. The molecule has 2 rings (SSSR count). The van der Waals surface area contributed by atoms with Crippen molar-refractivity contribution < 1.29 is 4.74 Å². The lowest BCUT2D eigenvalue weighted by molar-refractivity contribution is 0.129. The summed E-state index contributed by atoms with van der Waals surface area (Å²) in [6.07, 6.45) is 20.7. The monoisotopic (exact) mass is 624 g/mol. The lowest BCUT2D eigenvalue weighted by Crippen LogP contribution is -2.39. The second-order valence-corrected chi connectivity index (χ2v) is 16.4. The predicted octanol–water partition coefficient (Wildman–Crippen LogP) is 9.99. The highest BCUT2D eigenvalue weighted by Gasteiger charge is 2.24. The van der Waals surface area contributed by atoms with Crippen molar-refractivity contribution in [2.24, 2.45) is 0 Å². The van der Waals surface area contributed by atoms with Crippen LogP contribution < -0.4 is 0 Å². The summed E-state index contributed by atoms with van der Waals surface area (Å²) in [5.41, 5.74) is 0. The van der Waals surface area contributed by atoms with Crippen LogP contribution in [0.1, 0.15) is 117 Å². The van der Waals surface area contributed by atoms with Crippen molar-refractivity contribution in [3.05, 3.63) is 0 Å². The van der Waals surface area contributed by atoms with Crippen LogP contribution in [0.5, 0.6) is 0 Å². The maximum Gasteiger partial charge on any atom is 0.147 e. The molecule has 0 radical (unpaired) electrons. The second-order valence-electron chi connectivity index (χ2n) is 10.3. The molecule has 0 bridgehead atoms. The van der Waals surface area contributed by atoms with Crippen LogP contribution in [-0.4, -0.2) is 68.3 Å². The van der Waals surface area contributed by atoms with E-state index in [1.807, 2.05) is 43.2 Å². The molecule has 0 aromatic rings. The number of rotatable bonds is 18. The fraction of sp³-hybridized carbons (Fsp3) is 0.929. The summed E-state index contributed by atoms with van der Waals surface area (Å²) in [5, 5.41) is 0. The molecule has 2 saturated carbocycles. The van der Waals surface area contributed by atoms with Gasteiger partial charge in [0.2, 0.25) is 0 Å². The van der Waals surface area contributed by atoms with Gasteiger partial charge in [0.25, 0.3) is 0 Å². The molecule has 3 nitrogen and oxygen atoms in total. The molecule has 2 aliphatic carbocycles. The van der Waals surface area contributed by atoms with Crippen molar-refractivity contribution in [2.45, 2.75) is 129 Å². The van der Waals surface area contributed by atoms with E-state index in [1.54, 1.807) is 0 Å². The number of ether oxygens (including phenoxy) is 1. The van der Waals surface area contributed by atoms with Crippen molar-refractivity contribution in [3.8, 4) is 0 Å². The maximum atomic E-state index is 5.89. The standard InChI is InChI=1S/C28H52N2OS6/c1-3-19-29(25-15-7-5-8-16-25)27(32)36-34-23-13-11-21-31-22-12-14-24-35-37-28(33)30(20-4-2)26-17-9-6-10-18-26/h25-26H,3-24H2,1-2H3. The molecule has 0 aliphatic heterocycles. The minimum Gasteiger partial charge on any atom is -0.381 e. The Balaban J connectivity index is 1.41. The highest BCUT2D eigenvalue weighted by molar-refractivity contribution is 8.84. The summed E-state index contributed by atoms with van der Waals surface area (Å²) in [4.78, 5) is 5.05. The average Bonchev–Trinajstić information content (AvgIpc) is 2.93. The fourth-order valence-corrected chi connectivity index (χ4v) is 10.6.